The fraction of sp³-hybridized carbons (Fsp3) is 0. The van der Waals surface area contributed by atoms with Crippen LogP contribution in [0.2, 0.25) is 0 Å². The molecule has 3 rings (SSSR count). The Morgan fingerprint density at radius 3 is 2.62 bits per heavy atom. The Morgan fingerprint density at radius 2 is 2.05 bits per heavy atom. The molecule has 8 heteroatoms. The van der Waals surface area contributed by atoms with Crippen molar-refractivity contribution in [1.82, 2.24) is 14.8 Å². The van der Waals surface area contributed by atoms with Crippen LogP contribution >= 0.6 is 31.9 Å². The molecular weight excluding hydrogens is 406 g/mol. The summed E-state index contributed by atoms with van der Waals surface area (Å²) in [5.41, 5.74) is 0.291. The van der Waals surface area contributed by atoms with Crippen molar-refractivity contribution in [3.05, 3.63) is 51.4 Å². The average Bonchev–Trinajstić information content (AvgIpc) is 3.05. The van der Waals surface area contributed by atoms with Crippen molar-refractivity contribution >= 4 is 37.8 Å². The molecule has 0 saturated carbocycles. The predicted molar refractivity (Wildman–Crippen MR) is 81.4 cm³/mol. The fourth-order valence-corrected chi connectivity index (χ4v) is 2.32. The number of aromatic nitrogens is 3. The number of aromatic carboxylic acids is 1. The minimum absolute atomic E-state index is 0.0431. The van der Waals surface area contributed by atoms with Crippen LogP contribution in [-0.2, 0) is 0 Å². The van der Waals surface area contributed by atoms with E-state index < -0.39 is 5.97 Å². The number of hydrogen-bond donors (Lipinski definition) is 1. The Labute approximate surface area is 135 Å². The van der Waals surface area contributed by atoms with Crippen LogP contribution in [0.4, 0.5) is 0 Å². The van der Waals surface area contributed by atoms with Crippen LogP contribution in [0.25, 0.3) is 17.3 Å². The van der Waals surface area contributed by atoms with E-state index in [1.165, 1.54) is 10.9 Å². The zero-order valence-electron chi connectivity index (χ0n) is 10.3. The molecule has 0 fully saturated rings. The van der Waals surface area contributed by atoms with Gasteiger partial charge in [-0.3, -0.25) is 0 Å². The Hall–Kier alpha value is -1.93. The van der Waals surface area contributed by atoms with Crippen LogP contribution in [0.15, 0.2) is 50.2 Å². The van der Waals surface area contributed by atoms with Gasteiger partial charge in [0.2, 0.25) is 0 Å². The lowest BCUT2D eigenvalue weighted by atomic mass is 10.2. The molecule has 0 aliphatic heterocycles. The Kier molecular flexibility index (Phi) is 3.64. The molecule has 3 aromatic rings. The second-order valence-electron chi connectivity index (χ2n) is 4.08. The molecule has 3 aromatic heterocycles. The number of hydrogen-bond acceptors (Lipinski definition) is 4. The van der Waals surface area contributed by atoms with E-state index in [1.807, 2.05) is 0 Å². The second-order valence-corrected chi connectivity index (χ2v) is 5.78. The van der Waals surface area contributed by atoms with Crippen LogP contribution < -0.4 is 0 Å². The number of carbonyl (C=O) groups is 1. The maximum atomic E-state index is 11.4. The summed E-state index contributed by atoms with van der Waals surface area (Å²) in [5.74, 6) is -0.200. The van der Waals surface area contributed by atoms with Gasteiger partial charge in [0.15, 0.2) is 16.2 Å². The van der Waals surface area contributed by atoms with E-state index in [-0.39, 0.29) is 11.3 Å². The van der Waals surface area contributed by atoms with E-state index in [1.54, 1.807) is 30.5 Å². The summed E-state index contributed by atoms with van der Waals surface area (Å²) in [4.78, 5) is 15.5. The molecule has 0 unspecified atom stereocenters. The van der Waals surface area contributed by atoms with Crippen LogP contribution in [0.1, 0.15) is 10.4 Å². The first kappa shape index (κ1) is 14.0. The molecule has 0 aromatic carbocycles. The number of nitrogens with zero attached hydrogens (tertiary/aromatic N) is 3. The summed E-state index contributed by atoms with van der Waals surface area (Å²) in [6.07, 6.45) is 3.02. The van der Waals surface area contributed by atoms with Crippen molar-refractivity contribution in [2.75, 3.05) is 0 Å². The number of carboxylic acid groups (broad SMARTS) is 1. The smallest absolute Gasteiger partial charge is 0.339 e. The van der Waals surface area contributed by atoms with Gasteiger partial charge in [-0.1, -0.05) is 0 Å². The topological polar surface area (TPSA) is 81.1 Å². The summed E-state index contributed by atoms with van der Waals surface area (Å²) < 4.78 is 8.11. The third-order valence-corrected chi connectivity index (χ3v) is 3.59. The highest BCUT2D eigenvalue weighted by Gasteiger charge is 2.20. The zero-order chi connectivity index (χ0) is 15.0. The molecule has 0 radical (unpaired) electrons. The van der Waals surface area contributed by atoms with Gasteiger partial charge in [-0.05, 0) is 56.1 Å². The molecule has 0 spiro atoms. The van der Waals surface area contributed by atoms with Gasteiger partial charge in [-0.2, -0.15) is 5.10 Å². The SMILES string of the molecule is O=C(O)c1cn(-c2ccc(Br)cn2)nc1-c1ccc(Br)o1. The van der Waals surface area contributed by atoms with Gasteiger partial charge >= 0.3 is 5.97 Å². The monoisotopic (exact) mass is 411 g/mol. The van der Waals surface area contributed by atoms with E-state index in [0.29, 0.717) is 16.2 Å². The van der Waals surface area contributed by atoms with E-state index in [2.05, 4.69) is 41.9 Å². The van der Waals surface area contributed by atoms with E-state index in [4.69, 9.17) is 4.42 Å². The number of halogens is 2. The Morgan fingerprint density at radius 1 is 1.24 bits per heavy atom. The highest BCUT2D eigenvalue weighted by Crippen LogP contribution is 2.27. The second kappa shape index (κ2) is 5.45. The molecule has 0 atom stereocenters. The fourth-order valence-electron chi connectivity index (χ4n) is 1.77. The predicted octanol–water partition coefficient (Wildman–Crippen LogP) is 3.75. The third-order valence-electron chi connectivity index (χ3n) is 2.70. The van der Waals surface area contributed by atoms with Crippen LogP contribution in [0, 0.1) is 0 Å². The molecule has 3 heterocycles. The lowest BCUT2D eigenvalue weighted by Crippen LogP contribution is -1.97. The lowest BCUT2D eigenvalue weighted by molar-refractivity contribution is 0.0697. The molecule has 0 aliphatic carbocycles. The van der Waals surface area contributed by atoms with Crippen molar-refractivity contribution in [3.8, 4) is 17.3 Å². The lowest BCUT2D eigenvalue weighted by Gasteiger charge is -1.99. The van der Waals surface area contributed by atoms with Gasteiger partial charge in [0, 0.05) is 16.9 Å². The van der Waals surface area contributed by atoms with Gasteiger partial charge in [-0.15, -0.1) is 0 Å². The molecule has 0 amide bonds. The van der Waals surface area contributed by atoms with Gasteiger partial charge < -0.3 is 9.52 Å². The average molecular weight is 413 g/mol. The first-order chi connectivity index (χ1) is 10.0. The minimum Gasteiger partial charge on any atom is -0.478 e. The zero-order valence-corrected chi connectivity index (χ0v) is 13.5. The summed E-state index contributed by atoms with van der Waals surface area (Å²) in [5, 5.41) is 13.6. The normalized spacial score (nSPS) is 10.8. The maximum Gasteiger partial charge on any atom is 0.339 e. The van der Waals surface area contributed by atoms with Crippen molar-refractivity contribution < 1.29 is 14.3 Å². The molecule has 6 nitrogen and oxygen atoms in total. The highest BCUT2D eigenvalue weighted by atomic mass is 79.9. The van der Waals surface area contributed by atoms with Gasteiger partial charge in [0.1, 0.15) is 11.3 Å². The van der Waals surface area contributed by atoms with Crippen molar-refractivity contribution in [2.24, 2.45) is 0 Å². The molecular formula is C13H7Br2N3O3. The number of furan rings is 1. The quantitative estimate of drug-likeness (QED) is 0.708. The Balaban J connectivity index is 2.12. The number of carboxylic acids is 1. The standard InChI is InChI=1S/C13H7Br2N3O3/c14-7-1-4-11(16-5-7)18-6-8(13(19)20)12(17-18)9-2-3-10(15)21-9/h1-6H,(H,19,20). The largest absolute Gasteiger partial charge is 0.478 e. The van der Waals surface area contributed by atoms with E-state index >= 15 is 0 Å². The van der Waals surface area contributed by atoms with Crippen molar-refractivity contribution in [1.29, 1.82) is 0 Å². The summed E-state index contributed by atoms with van der Waals surface area (Å²) >= 11 is 6.48. The van der Waals surface area contributed by atoms with Gasteiger partial charge in [0.05, 0.1) is 0 Å². The minimum atomic E-state index is -1.08. The van der Waals surface area contributed by atoms with Gasteiger partial charge in [-0.25, -0.2) is 14.5 Å². The molecule has 0 saturated heterocycles. The molecule has 0 aliphatic rings. The number of rotatable bonds is 3. The highest BCUT2D eigenvalue weighted by molar-refractivity contribution is 9.10. The summed E-state index contributed by atoms with van der Waals surface area (Å²) in [6.45, 7) is 0. The summed E-state index contributed by atoms with van der Waals surface area (Å²) in [6, 6.07) is 6.86. The van der Waals surface area contributed by atoms with Crippen molar-refractivity contribution in [2.45, 2.75) is 0 Å². The van der Waals surface area contributed by atoms with E-state index in [0.717, 1.165) is 4.47 Å². The first-order valence-corrected chi connectivity index (χ1v) is 7.34. The summed E-state index contributed by atoms with van der Waals surface area (Å²) in [7, 11) is 0. The maximum absolute atomic E-state index is 11.4. The third kappa shape index (κ3) is 2.77. The molecule has 106 valence electrons. The van der Waals surface area contributed by atoms with Crippen LogP contribution in [0.3, 0.4) is 0 Å². The number of pyridine rings is 1. The van der Waals surface area contributed by atoms with Crippen LogP contribution in [-0.4, -0.2) is 25.8 Å². The van der Waals surface area contributed by atoms with Crippen molar-refractivity contribution in [3.63, 3.8) is 0 Å². The molecule has 1 N–H and O–H groups in total. The van der Waals surface area contributed by atoms with Gasteiger partial charge in [0.25, 0.3) is 0 Å². The van der Waals surface area contributed by atoms with Crippen LogP contribution in [0.5, 0.6) is 0 Å². The van der Waals surface area contributed by atoms with E-state index in [9.17, 15) is 9.90 Å². The molecule has 21 heavy (non-hydrogen) atoms. The molecule has 0 bridgehead atoms. The Bertz CT molecular complexity index is 808. The first-order valence-electron chi connectivity index (χ1n) is 5.75.